The molecule has 0 N–H and O–H groups in total. The Kier molecular flexibility index (Phi) is 7.23. The van der Waals surface area contributed by atoms with Gasteiger partial charge in [-0.15, -0.1) is 0 Å². The largest absolute Gasteiger partial charge is 0.379 e. The normalized spacial score (nSPS) is 20.4. The SMILES string of the molecule is CC/C=C/CC(C(=O)c1ccc(N2CCOCC2)cc1)N1CCOCC1. The lowest BCUT2D eigenvalue weighted by molar-refractivity contribution is 0.0181. The number of allylic oxidation sites excluding steroid dienone is 1. The number of ether oxygens (including phenoxy) is 2. The van der Waals surface area contributed by atoms with Gasteiger partial charge in [-0.2, -0.15) is 0 Å². The van der Waals surface area contributed by atoms with Crippen LogP contribution in [0.25, 0.3) is 0 Å². The summed E-state index contributed by atoms with van der Waals surface area (Å²) in [7, 11) is 0. The lowest BCUT2D eigenvalue weighted by Crippen LogP contribution is -2.47. The van der Waals surface area contributed by atoms with Gasteiger partial charge in [0.2, 0.25) is 0 Å². The number of benzene rings is 1. The summed E-state index contributed by atoms with van der Waals surface area (Å²) >= 11 is 0. The zero-order valence-corrected chi connectivity index (χ0v) is 15.7. The molecule has 2 aliphatic heterocycles. The minimum atomic E-state index is -0.101. The van der Waals surface area contributed by atoms with E-state index in [1.54, 1.807) is 0 Å². The summed E-state index contributed by atoms with van der Waals surface area (Å²) in [6.45, 7) is 8.52. The molecule has 0 saturated carbocycles. The summed E-state index contributed by atoms with van der Waals surface area (Å²) in [5.74, 6) is 0.209. The van der Waals surface area contributed by atoms with Crippen LogP contribution in [0.1, 0.15) is 30.1 Å². The van der Waals surface area contributed by atoms with E-state index in [9.17, 15) is 4.79 Å². The van der Waals surface area contributed by atoms with Crippen LogP contribution in [0, 0.1) is 0 Å². The third-order valence-corrected chi connectivity index (χ3v) is 5.08. The van der Waals surface area contributed by atoms with Gasteiger partial charge in [-0.1, -0.05) is 19.1 Å². The van der Waals surface area contributed by atoms with E-state index in [1.165, 1.54) is 5.69 Å². The molecule has 2 aliphatic rings. The van der Waals surface area contributed by atoms with Crippen LogP contribution in [-0.2, 0) is 9.47 Å². The number of hydrogen-bond acceptors (Lipinski definition) is 5. The smallest absolute Gasteiger partial charge is 0.180 e. The molecule has 1 aromatic rings. The van der Waals surface area contributed by atoms with Crippen LogP contribution in [0.15, 0.2) is 36.4 Å². The van der Waals surface area contributed by atoms with Crippen LogP contribution >= 0.6 is 0 Å². The maximum atomic E-state index is 13.2. The minimum Gasteiger partial charge on any atom is -0.379 e. The van der Waals surface area contributed by atoms with Crippen molar-refractivity contribution in [1.82, 2.24) is 4.90 Å². The quantitative estimate of drug-likeness (QED) is 0.554. The average molecular weight is 358 g/mol. The highest BCUT2D eigenvalue weighted by atomic mass is 16.5. The molecule has 1 unspecified atom stereocenters. The predicted octanol–water partition coefficient (Wildman–Crippen LogP) is 2.76. The summed E-state index contributed by atoms with van der Waals surface area (Å²) in [5.41, 5.74) is 1.96. The zero-order valence-electron chi connectivity index (χ0n) is 15.7. The molecule has 2 heterocycles. The molecule has 0 spiro atoms. The Bertz CT molecular complexity index is 588. The fraction of sp³-hybridized carbons (Fsp3) is 0.571. The number of anilines is 1. The summed E-state index contributed by atoms with van der Waals surface area (Å²) in [4.78, 5) is 17.7. The van der Waals surface area contributed by atoms with Gasteiger partial charge in [0.15, 0.2) is 5.78 Å². The van der Waals surface area contributed by atoms with Gasteiger partial charge in [-0.25, -0.2) is 0 Å². The number of rotatable bonds is 7. The first kappa shape index (κ1) is 19.1. The molecule has 0 aromatic heterocycles. The fourth-order valence-corrected chi connectivity index (χ4v) is 3.55. The van der Waals surface area contributed by atoms with Crippen LogP contribution in [0.5, 0.6) is 0 Å². The highest BCUT2D eigenvalue weighted by Crippen LogP contribution is 2.20. The molecule has 0 aliphatic carbocycles. The molecule has 2 saturated heterocycles. The Balaban J connectivity index is 1.71. The second-order valence-electron chi connectivity index (χ2n) is 6.79. The van der Waals surface area contributed by atoms with Crippen molar-refractivity contribution < 1.29 is 14.3 Å². The zero-order chi connectivity index (χ0) is 18.2. The molecule has 3 rings (SSSR count). The van der Waals surface area contributed by atoms with E-state index in [0.29, 0.717) is 13.2 Å². The Labute approximate surface area is 156 Å². The maximum absolute atomic E-state index is 13.2. The van der Waals surface area contributed by atoms with E-state index in [-0.39, 0.29) is 11.8 Å². The molecule has 0 amide bonds. The molecular formula is C21H30N2O3. The van der Waals surface area contributed by atoms with Crippen molar-refractivity contribution in [2.24, 2.45) is 0 Å². The van der Waals surface area contributed by atoms with Crippen LogP contribution < -0.4 is 4.90 Å². The number of Topliss-reactive ketones (excluding diaryl/α,β-unsaturated/α-hetero) is 1. The van der Waals surface area contributed by atoms with E-state index < -0.39 is 0 Å². The molecular weight excluding hydrogens is 328 g/mol. The van der Waals surface area contributed by atoms with Gasteiger partial charge in [0.1, 0.15) is 0 Å². The van der Waals surface area contributed by atoms with E-state index in [1.807, 2.05) is 12.1 Å². The Morgan fingerprint density at radius 2 is 1.62 bits per heavy atom. The third kappa shape index (κ3) is 4.93. The average Bonchev–Trinajstić information content (AvgIpc) is 2.72. The van der Waals surface area contributed by atoms with Gasteiger partial charge in [-0.05, 0) is 37.1 Å². The van der Waals surface area contributed by atoms with E-state index >= 15 is 0 Å². The highest BCUT2D eigenvalue weighted by molar-refractivity contribution is 6.00. The minimum absolute atomic E-state index is 0.101. The van der Waals surface area contributed by atoms with Crippen LogP contribution in [0.4, 0.5) is 5.69 Å². The van der Waals surface area contributed by atoms with Crippen molar-refractivity contribution in [3.8, 4) is 0 Å². The Morgan fingerprint density at radius 1 is 1.00 bits per heavy atom. The molecule has 1 atom stereocenters. The molecule has 0 bridgehead atoms. The summed E-state index contributed by atoms with van der Waals surface area (Å²) < 4.78 is 10.9. The molecule has 5 heteroatoms. The van der Waals surface area contributed by atoms with Crippen molar-refractivity contribution in [2.75, 3.05) is 57.5 Å². The Hall–Kier alpha value is -1.69. The van der Waals surface area contributed by atoms with Crippen molar-refractivity contribution in [3.63, 3.8) is 0 Å². The Morgan fingerprint density at radius 3 is 2.23 bits per heavy atom. The number of nitrogens with zero attached hydrogens (tertiary/aromatic N) is 2. The monoisotopic (exact) mass is 358 g/mol. The number of carbonyl (C=O) groups excluding carboxylic acids is 1. The lowest BCUT2D eigenvalue weighted by Gasteiger charge is -2.33. The van der Waals surface area contributed by atoms with E-state index in [4.69, 9.17) is 9.47 Å². The van der Waals surface area contributed by atoms with Crippen LogP contribution in [0.2, 0.25) is 0 Å². The second-order valence-corrected chi connectivity index (χ2v) is 6.79. The summed E-state index contributed by atoms with van der Waals surface area (Å²) in [6.07, 6.45) is 6.04. The lowest BCUT2D eigenvalue weighted by atomic mass is 9.98. The van der Waals surface area contributed by atoms with Gasteiger partial charge < -0.3 is 14.4 Å². The van der Waals surface area contributed by atoms with E-state index in [2.05, 4.69) is 41.0 Å². The molecule has 0 radical (unpaired) electrons. The van der Waals surface area contributed by atoms with Gasteiger partial charge in [0.05, 0.1) is 32.5 Å². The second kappa shape index (κ2) is 9.86. The summed E-state index contributed by atoms with van der Waals surface area (Å²) in [5, 5.41) is 0. The molecule has 5 nitrogen and oxygen atoms in total. The number of ketones is 1. The topological polar surface area (TPSA) is 42.0 Å². The van der Waals surface area contributed by atoms with Crippen LogP contribution in [-0.4, -0.2) is 69.3 Å². The maximum Gasteiger partial charge on any atom is 0.180 e. The van der Waals surface area contributed by atoms with Gasteiger partial charge in [0.25, 0.3) is 0 Å². The molecule has 2 fully saturated rings. The first-order valence-electron chi connectivity index (χ1n) is 9.73. The number of hydrogen-bond donors (Lipinski definition) is 0. The molecule has 142 valence electrons. The van der Waals surface area contributed by atoms with Crippen molar-refractivity contribution in [3.05, 3.63) is 42.0 Å². The first-order valence-corrected chi connectivity index (χ1v) is 9.73. The standard InChI is InChI=1S/C21H30N2O3/c1-2-3-4-5-20(23-12-16-26-17-13-23)21(24)18-6-8-19(9-7-18)22-10-14-25-15-11-22/h3-4,6-9,20H,2,5,10-17H2,1H3/b4-3+. The van der Waals surface area contributed by atoms with Crippen LogP contribution in [0.3, 0.4) is 0 Å². The van der Waals surface area contributed by atoms with Crippen molar-refractivity contribution in [2.45, 2.75) is 25.8 Å². The number of carbonyl (C=O) groups is 1. The summed E-state index contributed by atoms with van der Waals surface area (Å²) in [6, 6.07) is 7.98. The predicted molar refractivity (Wildman–Crippen MR) is 104 cm³/mol. The molecule has 26 heavy (non-hydrogen) atoms. The van der Waals surface area contributed by atoms with E-state index in [0.717, 1.165) is 57.8 Å². The number of morpholine rings is 2. The van der Waals surface area contributed by atoms with Gasteiger partial charge in [-0.3, -0.25) is 9.69 Å². The first-order chi connectivity index (χ1) is 12.8. The van der Waals surface area contributed by atoms with Gasteiger partial charge in [0, 0.05) is 37.4 Å². The highest BCUT2D eigenvalue weighted by Gasteiger charge is 2.27. The van der Waals surface area contributed by atoms with Crippen molar-refractivity contribution in [1.29, 1.82) is 0 Å². The van der Waals surface area contributed by atoms with Crippen molar-refractivity contribution >= 4 is 11.5 Å². The fourth-order valence-electron chi connectivity index (χ4n) is 3.55. The van der Waals surface area contributed by atoms with Gasteiger partial charge >= 0.3 is 0 Å². The molecule has 1 aromatic carbocycles. The third-order valence-electron chi connectivity index (χ3n) is 5.08.